The third kappa shape index (κ3) is 4.69. The number of aliphatic hydroxyl groups is 1. The third-order valence-electron chi connectivity index (χ3n) is 5.02. The zero-order valence-electron chi connectivity index (χ0n) is 17.2. The maximum Gasteiger partial charge on any atom is 0.268 e. The van der Waals surface area contributed by atoms with Crippen molar-refractivity contribution in [2.45, 2.75) is 24.1 Å². The highest BCUT2D eigenvalue weighted by atomic mass is 79.9. The van der Waals surface area contributed by atoms with Crippen molar-refractivity contribution in [1.82, 2.24) is 19.5 Å². The van der Waals surface area contributed by atoms with E-state index in [9.17, 15) is 5.11 Å². The topological polar surface area (TPSA) is 108 Å². The molecule has 0 spiro atoms. The van der Waals surface area contributed by atoms with Crippen molar-refractivity contribution in [3.8, 4) is 11.5 Å². The Morgan fingerprint density at radius 3 is 2.82 bits per heavy atom. The van der Waals surface area contributed by atoms with E-state index < -0.39 is 12.4 Å². The van der Waals surface area contributed by atoms with Crippen molar-refractivity contribution in [1.29, 1.82) is 0 Å². The number of benzene rings is 2. The summed E-state index contributed by atoms with van der Waals surface area (Å²) < 4.78 is 14.1. The van der Waals surface area contributed by atoms with Crippen molar-refractivity contribution in [3.63, 3.8) is 0 Å². The fourth-order valence-corrected chi connectivity index (χ4v) is 5.08. The molecule has 0 saturated carbocycles. The van der Waals surface area contributed by atoms with E-state index >= 15 is 0 Å². The molecule has 0 aromatic heterocycles. The SMILES string of the molecule is Nc1ncn(CC(O)c2ccc(Cl)cc2Cl)c2nc(SC3=COC(c4ccccc4Br)O3)nc1-2. The van der Waals surface area contributed by atoms with Crippen LogP contribution in [0.25, 0.3) is 11.5 Å². The van der Waals surface area contributed by atoms with E-state index in [0.717, 1.165) is 10.0 Å². The number of hydrogen-bond donors (Lipinski definition) is 2. The third-order valence-corrected chi connectivity index (χ3v) is 7.07. The number of nitrogen functional groups attached to an aromatic ring is 1. The molecular formula is C22H16BrCl2N5O3S. The normalized spacial score (nSPS) is 16.2. The quantitative estimate of drug-likeness (QED) is 0.294. The molecule has 5 rings (SSSR count). The minimum absolute atomic E-state index is 0.139. The summed E-state index contributed by atoms with van der Waals surface area (Å²) in [6.07, 6.45) is 1.54. The first-order valence-electron chi connectivity index (χ1n) is 9.95. The van der Waals surface area contributed by atoms with Gasteiger partial charge in [-0.15, -0.1) is 0 Å². The van der Waals surface area contributed by atoms with Crippen LogP contribution in [0.15, 0.2) is 69.8 Å². The Morgan fingerprint density at radius 1 is 1.21 bits per heavy atom. The molecule has 2 unspecified atom stereocenters. The molecule has 0 saturated heterocycles. The number of halogens is 3. The number of imidazole rings is 1. The highest BCUT2D eigenvalue weighted by Crippen LogP contribution is 2.40. The lowest BCUT2D eigenvalue weighted by molar-refractivity contribution is -0.0278. The lowest BCUT2D eigenvalue weighted by Gasteiger charge is -2.17. The Morgan fingerprint density at radius 2 is 2.03 bits per heavy atom. The number of nitrogens with two attached hydrogens (primary N) is 1. The highest BCUT2D eigenvalue weighted by molar-refractivity contribution is 9.10. The van der Waals surface area contributed by atoms with Gasteiger partial charge in [0.05, 0.1) is 19.0 Å². The van der Waals surface area contributed by atoms with E-state index in [4.69, 9.17) is 38.4 Å². The van der Waals surface area contributed by atoms with Gasteiger partial charge in [-0.1, -0.05) is 63.4 Å². The minimum Gasteiger partial charge on any atom is -0.454 e. The van der Waals surface area contributed by atoms with E-state index in [-0.39, 0.29) is 12.4 Å². The van der Waals surface area contributed by atoms with Crippen LogP contribution in [-0.4, -0.2) is 24.6 Å². The molecule has 2 aromatic rings. The van der Waals surface area contributed by atoms with Crippen molar-refractivity contribution >= 4 is 56.7 Å². The number of anilines is 1. The van der Waals surface area contributed by atoms with Crippen LogP contribution in [0, 0.1) is 0 Å². The Hall–Kier alpha value is -2.50. The van der Waals surface area contributed by atoms with E-state index in [2.05, 4.69) is 30.9 Å². The smallest absolute Gasteiger partial charge is 0.268 e. The van der Waals surface area contributed by atoms with Gasteiger partial charge < -0.3 is 24.9 Å². The standard InChI is InChI=1S/C22H16BrCl2N5O3S/c23-14-4-2-1-3-12(14)21-32-9-17(33-21)34-22-28-18-19(26)27-10-30(20(18)29-22)8-16(31)13-6-5-11(24)7-15(13)25/h1-7,9-10,16,21,31H,8,26H2. The average molecular weight is 581 g/mol. The van der Waals surface area contributed by atoms with Crippen LogP contribution < -0.4 is 5.73 Å². The summed E-state index contributed by atoms with van der Waals surface area (Å²) in [6, 6.07) is 12.6. The van der Waals surface area contributed by atoms with E-state index in [1.807, 2.05) is 24.3 Å². The second-order valence-electron chi connectivity index (χ2n) is 7.29. The van der Waals surface area contributed by atoms with Crippen LogP contribution in [0.3, 0.4) is 0 Å². The maximum atomic E-state index is 10.8. The first kappa shape index (κ1) is 23.3. The molecule has 0 bridgehead atoms. The number of nitrogens with zero attached hydrogens (tertiary/aromatic N) is 4. The van der Waals surface area contributed by atoms with Crippen molar-refractivity contribution in [2.24, 2.45) is 0 Å². The molecular weight excluding hydrogens is 565 g/mol. The van der Waals surface area contributed by atoms with Crippen LogP contribution in [0.4, 0.5) is 5.82 Å². The first-order valence-corrected chi connectivity index (χ1v) is 12.3. The highest BCUT2D eigenvalue weighted by Gasteiger charge is 2.27. The second kappa shape index (κ2) is 9.63. The maximum absolute atomic E-state index is 10.8. The Balaban J connectivity index is 1.35. The summed E-state index contributed by atoms with van der Waals surface area (Å²) in [7, 11) is 0. The van der Waals surface area contributed by atoms with Gasteiger partial charge in [0.2, 0.25) is 5.09 Å². The van der Waals surface area contributed by atoms with Crippen LogP contribution in [0.1, 0.15) is 23.5 Å². The van der Waals surface area contributed by atoms with Crippen LogP contribution in [0.2, 0.25) is 10.0 Å². The van der Waals surface area contributed by atoms with Gasteiger partial charge in [0.25, 0.3) is 6.29 Å². The number of fused-ring (bicyclic) bond motifs is 1. The molecule has 2 aromatic carbocycles. The Bertz CT molecular complexity index is 1370. The molecule has 8 nitrogen and oxygen atoms in total. The zero-order valence-corrected chi connectivity index (χ0v) is 21.1. The van der Waals surface area contributed by atoms with E-state index in [1.54, 1.807) is 22.8 Å². The fourth-order valence-electron chi connectivity index (χ4n) is 3.39. The summed E-state index contributed by atoms with van der Waals surface area (Å²) in [5.74, 6) is 0.703. The second-order valence-corrected chi connectivity index (χ2v) is 9.96. The number of aliphatic hydroxyl groups excluding tert-OH is 1. The molecule has 0 radical (unpaired) electrons. The monoisotopic (exact) mass is 579 g/mol. The summed E-state index contributed by atoms with van der Waals surface area (Å²) in [6.45, 7) is 0.139. The average Bonchev–Trinajstić information content (AvgIpc) is 3.44. The summed E-state index contributed by atoms with van der Waals surface area (Å²) in [4.78, 5) is 13.3. The number of hydrogen-bond acceptors (Lipinski definition) is 8. The van der Waals surface area contributed by atoms with Gasteiger partial charge in [-0.3, -0.25) is 0 Å². The molecule has 174 valence electrons. The van der Waals surface area contributed by atoms with Gasteiger partial charge in [-0.05, 0) is 30.0 Å². The predicted octanol–water partition coefficient (Wildman–Crippen LogP) is 5.80. The van der Waals surface area contributed by atoms with Gasteiger partial charge >= 0.3 is 0 Å². The summed E-state index contributed by atoms with van der Waals surface area (Å²) in [5, 5.41) is 12.5. The van der Waals surface area contributed by atoms with Crippen molar-refractivity contribution < 1.29 is 14.6 Å². The first-order chi connectivity index (χ1) is 16.4. The number of ether oxygens (including phenoxy) is 2. The van der Waals surface area contributed by atoms with Crippen LogP contribution in [-0.2, 0) is 16.0 Å². The molecule has 12 heteroatoms. The Kier molecular flexibility index (Phi) is 6.59. The molecule has 3 heterocycles. The summed E-state index contributed by atoms with van der Waals surface area (Å²) in [5.41, 5.74) is 7.86. The molecule has 2 atom stereocenters. The lowest BCUT2D eigenvalue weighted by Crippen LogP contribution is -2.14. The fraction of sp³-hybridized carbons (Fsp3) is 0.136. The molecule has 0 aliphatic carbocycles. The van der Waals surface area contributed by atoms with Crippen LogP contribution >= 0.6 is 50.9 Å². The number of rotatable bonds is 6. The van der Waals surface area contributed by atoms with Crippen LogP contribution in [0.5, 0.6) is 0 Å². The molecule has 3 N–H and O–H groups in total. The van der Waals surface area contributed by atoms with Crippen molar-refractivity contribution in [3.05, 3.63) is 85.8 Å². The van der Waals surface area contributed by atoms with Gasteiger partial charge in [-0.2, -0.15) is 0 Å². The number of thioether (sulfide) groups is 1. The van der Waals surface area contributed by atoms with E-state index in [0.29, 0.717) is 37.4 Å². The molecule has 34 heavy (non-hydrogen) atoms. The van der Waals surface area contributed by atoms with E-state index in [1.165, 1.54) is 24.4 Å². The van der Waals surface area contributed by atoms with Gasteiger partial charge in [0.1, 0.15) is 6.26 Å². The molecule has 3 aliphatic rings. The molecule has 0 amide bonds. The number of aromatic nitrogens is 4. The summed E-state index contributed by atoms with van der Waals surface area (Å²) >= 11 is 16.9. The predicted molar refractivity (Wildman–Crippen MR) is 133 cm³/mol. The Labute approximate surface area is 217 Å². The zero-order chi connectivity index (χ0) is 23.8. The van der Waals surface area contributed by atoms with Gasteiger partial charge in [-0.25, -0.2) is 15.0 Å². The van der Waals surface area contributed by atoms with Gasteiger partial charge in [0.15, 0.2) is 22.5 Å². The van der Waals surface area contributed by atoms with Gasteiger partial charge in [0, 0.05) is 25.6 Å². The lowest BCUT2D eigenvalue weighted by atomic mass is 10.1. The molecule has 0 fully saturated rings. The molecule has 3 aliphatic heterocycles. The van der Waals surface area contributed by atoms with Crippen molar-refractivity contribution in [2.75, 3.05) is 5.73 Å². The largest absolute Gasteiger partial charge is 0.454 e. The minimum atomic E-state index is -0.921.